The van der Waals surface area contributed by atoms with E-state index in [2.05, 4.69) is 5.32 Å². The molecule has 1 heterocycles. The molecular formula is C18H25FN2O2. The Morgan fingerprint density at radius 3 is 2.87 bits per heavy atom. The van der Waals surface area contributed by atoms with E-state index in [0.717, 1.165) is 45.2 Å². The van der Waals surface area contributed by atoms with Crippen molar-refractivity contribution in [1.82, 2.24) is 10.2 Å². The maximum Gasteiger partial charge on any atom is 0.225 e. The first kappa shape index (κ1) is 16.2. The third-order valence-corrected chi connectivity index (χ3v) is 5.04. The van der Waals surface area contributed by atoms with Gasteiger partial charge in [-0.2, -0.15) is 0 Å². The van der Waals surface area contributed by atoms with Crippen molar-refractivity contribution in [1.29, 1.82) is 0 Å². The quantitative estimate of drug-likeness (QED) is 0.907. The van der Waals surface area contributed by atoms with E-state index in [1.807, 2.05) is 4.90 Å². The highest BCUT2D eigenvalue weighted by Gasteiger charge is 2.33. The Labute approximate surface area is 137 Å². The number of carbonyl (C=O) groups excluding carboxylic acids is 1. The summed E-state index contributed by atoms with van der Waals surface area (Å²) >= 11 is 0. The number of hydrogen-bond acceptors (Lipinski definition) is 3. The largest absolute Gasteiger partial charge is 0.494 e. The first-order valence-electron chi connectivity index (χ1n) is 8.52. The molecule has 1 aliphatic heterocycles. The minimum absolute atomic E-state index is 0.140. The van der Waals surface area contributed by atoms with Gasteiger partial charge in [-0.3, -0.25) is 4.79 Å². The Bertz CT molecular complexity index is 558. The molecule has 0 unspecified atom stereocenters. The Kier molecular flexibility index (Phi) is 5.16. The lowest BCUT2D eigenvalue weighted by molar-refractivity contribution is -0.134. The van der Waals surface area contributed by atoms with Gasteiger partial charge in [0.2, 0.25) is 5.91 Å². The van der Waals surface area contributed by atoms with Gasteiger partial charge in [0.1, 0.15) is 0 Å². The Balaban J connectivity index is 1.51. The van der Waals surface area contributed by atoms with Crippen molar-refractivity contribution in [3.63, 3.8) is 0 Å². The molecule has 1 saturated heterocycles. The standard InChI is InChI=1S/C18H25FN2O2/c1-23-16-6-4-5-14(17(16)19)12-20-15-8-7-13(11-15)18(22)21-9-2-3-10-21/h4-6,13,15,20H,2-3,7-12H2,1H3/t13-,15+/m1/s1. The average molecular weight is 320 g/mol. The molecule has 1 aromatic rings. The van der Waals surface area contributed by atoms with Crippen LogP contribution in [-0.2, 0) is 11.3 Å². The van der Waals surface area contributed by atoms with Gasteiger partial charge < -0.3 is 15.0 Å². The number of benzene rings is 1. The molecule has 2 fully saturated rings. The summed E-state index contributed by atoms with van der Waals surface area (Å²) in [7, 11) is 1.47. The van der Waals surface area contributed by atoms with Crippen LogP contribution in [0.15, 0.2) is 18.2 Å². The second kappa shape index (κ2) is 7.30. The van der Waals surface area contributed by atoms with E-state index in [9.17, 15) is 9.18 Å². The van der Waals surface area contributed by atoms with Crippen LogP contribution in [0, 0.1) is 11.7 Å². The molecule has 2 aliphatic rings. The van der Waals surface area contributed by atoms with Crippen molar-refractivity contribution in [2.45, 2.75) is 44.7 Å². The molecule has 23 heavy (non-hydrogen) atoms. The molecular weight excluding hydrogens is 295 g/mol. The van der Waals surface area contributed by atoms with E-state index in [4.69, 9.17) is 4.74 Å². The van der Waals surface area contributed by atoms with Gasteiger partial charge >= 0.3 is 0 Å². The summed E-state index contributed by atoms with van der Waals surface area (Å²) in [5, 5.41) is 3.40. The monoisotopic (exact) mass is 320 g/mol. The van der Waals surface area contributed by atoms with Crippen molar-refractivity contribution < 1.29 is 13.9 Å². The van der Waals surface area contributed by atoms with E-state index >= 15 is 0 Å². The van der Waals surface area contributed by atoms with Crippen LogP contribution >= 0.6 is 0 Å². The second-order valence-electron chi connectivity index (χ2n) is 6.55. The summed E-state index contributed by atoms with van der Waals surface area (Å²) in [4.78, 5) is 14.4. The Morgan fingerprint density at radius 2 is 2.13 bits per heavy atom. The first-order valence-corrected chi connectivity index (χ1v) is 8.52. The maximum absolute atomic E-state index is 14.1. The smallest absolute Gasteiger partial charge is 0.225 e. The van der Waals surface area contributed by atoms with Crippen LogP contribution in [0.3, 0.4) is 0 Å². The first-order chi connectivity index (χ1) is 11.2. The lowest BCUT2D eigenvalue weighted by Crippen LogP contribution is -2.34. The maximum atomic E-state index is 14.1. The zero-order valence-electron chi connectivity index (χ0n) is 13.7. The number of methoxy groups -OCH3 is 1. The highest BCUT2D eigenvalue weighted by atomic mass is 19.1. The molecule has 1 amide bonds. The highest BCUT2D eigenvalue weighted by molar-refractivity contribution is 5.79. The lowest BCUT2D eigenvalue weighted by Gasteiger charge is -2.20. The summed E-state index contributed by atoms with van der Waals surface area (Å²) in [6.45, 7) is 2.31. The van der Waals surface area contributed by atoms with Crippen LogP contribution in [0.25, 0.3) is 0 Å². The predicted molar refractivity (Wildman–Crippen MR) is 86.7 cm³/mol. The number of nitrogens with zero attached hydrogens (tertiary/aromatic N) is 1. The third-order valence-electron chi connectivity index (χ3n) is 5.04. The fourth-order valence-electron chi connectivity index (χ4n) is 3.69. The van der Waals surface area contributed by atoms with Crippen molar-refractivity contribution in [2.75, 3.05) is 20.2 Å². The van der Waals surface area contributed by atoms with Crippen LogP contribution < -0.4 is 10.1 Å². The lowest BCUT2D eigenvalue weighted by atomic mass is 10.1. The zero-order chi connectivity index (χ0) is 16.2. The molecule has 1 N–H and O–H groups in total. The molecule has 1 aliphatic carbocycles. The number of halogens is 1. The van der Waals surface area contributed by atoms with E-state index in [1.165, 1.54) is 7.11 Å². The molecule has 2 atom stereocenters. The molecule has 4 nitrogen and oxygen atoms in total. The molecule has 0 bridgehead atoms. The molecule has 0 radical (unpaired) electrons. The highest BCUT2D eigenvalue weighted by Crippen LogP contribution is 2.29. The van der Waals surface area contributed by atoms with Gasteiger partial charge in [0.05, 0.1) is 7.11 Å². The van der Waals surface area contributed by atoms with Gasteiger partial charge in [-0.15, -0.1) is 0 Å². The summed E-state index contributed by atoms with van der Waals surface area (Å²) in [6.07, 6.45) is 5.05. The molecule has 0 aromatic heterocycles. The number of carbonyl (C=O) groups is 1. The number of ether oxygens (including phenoxy) is 1. The normalized spacial score (nSPS) is 24.2. The van der Waals surface area contributed by atoms with Gasteiger partial charge in [-0.25, -0.2) is 4.39 Å². The fourth-order valence-corrected chi connectivity index (χ4v) is 3.69. The minimum Gasteiger partial charge on any atom is -0.494 e. The van der Waals surface area contributed by atoms with Crippen molar-refractivity contribution in [3.8, 4) is 5.75 Å². The summed E-state index contributed by atoms with van der Waals surface area (Å²) in [6, 6.07) is 5.48. The topological polar surface area (TPSA) is 41.6 Å². The molecule has 1 aromatic carbocycles. The molecule has 126 valence electrons. The molecule has 3 rings (SSSR count). The SMILES string of the molecule is COc1cccc(CN[C@H]2CC[C@@H](C(=O)N3CCCC3)C2)c1F. The van der Waals surface area contributed by atoms with Crippen LogP contribution in [0.2, 0.25) is 0 Å². The Hall–Kier alpha value is -1.62. The van der Waals surface area contributed by atoms with Gasteiger partial charge in [-0.1, -0.05) is 12.1 Å². The van der Waals surface area contributed by atoms with Crippen molar-refractivity contribution >= 4 is 5.91 Å². The van der Waals surface area contributed by atoms with Crippen molar-refractivity contribution in [2.24, 2.45) is 5.92 Å². The third kappa shape index (κ3) is 3.66. The van der Waals surface area contributed by atoms with Crippen LogP contribution in [-0.4, -0.2) is 37.0 Å². The van der Waals surface area contributed by atoms with Gasteiger partial charge in [0.25, 0.3) is 0 Å². The van der Waals surface area contributed by atoms with Gasteiger partial charge in [-0.05, 0) is 38.2 Å². The van der Waals surface area contributed by atoms with E-state index < -0.39 is 0 Å². The van der Waals surface area contributed by atoms with E-state index in [0.29, 0.717) is 18.0 Å². The average Bonchev–Trinajstić information content (AvgIpc) is 3.25. The Morgan fingerprint density at radius 1 is 1.35 bits per heavy atom. The number of amides is 1. The van der Waals surface area contributed by atoms with Gasteiger partial charge in [0.15, 0.2) is 11.6 Å². The number of nitrogens with one attached hydrogen (secondary N) is 1. The molecule has 1 saturated carbocycles. The van der Waals surface area contributed by atoms with Crippen LogP contribution in [0.1, 0.15) is 37.7 Å². The molecule has 5 heteroatoms. The summed E-state index contributed by atoms with van der Waals surface area (Å²) in [5.74, 6) is 0.433. The number of likely N-dealkylation sites (tertiary alicyclic amines) is 1. The fraction of sp³-hybridized carbons (Fsp3) is 0.611. The van der Waals surface area contributed by atoms with Gasteiger partial charge in [0, 0.05) is 37.2 Å². The number of rotatable bonds is 5. The minimum atomic E-state index is -0.301. The molecule has 0 spiro atoms. The van der Waals surface area contributed by atoms with E-state index in [1.54, 1.807) is 18.2 Å². The second-order valence-corrected chi connectivity index (χ2v) is 6.55. The zero-order valence-corrected chi connectivity index (χ0v) is 13.7. The number of hydrogen-bond donors (Lipinski definition) is 1. The summed E-state index contributed by atoms with van der Waals surface area (Å²) < 4.78 is 19.1. The van der Waals surface area contributed by atoms with Crippen LogP contribution in [0.4, 0.5) is 4.39 Å². The predicted octanol–water partition coefficient (Wildman–Crippen LogP) is 2.72. The summed E-state index contributed by atoms with van der Waals surface area (Å²) in [5.41, 5.74) is 0.610. The van der Waals surface area contributed by atoms with E-state index in [-0.39, 0.29) is 23.5 Å². The van der Waals surface area contributed by atoms with Crippen molar-refractivity contribution in [3.05, 3.63) is 29.6 Å². The van der Waals surface area contributed by atoms with Crippen LogP contribution in [0.5, 0.6) is 5.75 Å².